The summed E-state index contributed by atoms with van der Waals surface area (Å²) in [6.45, 7) is 0.606. The van der Waals surface area contributed by atoms with Crippen LogP contribution < -0.4 is 5.32 Å². The summed E-state index contributed by atoms with van der Waals surface area (Å²) >= 11 is 0. The number of rotatable bonds is 4. The number of pyridine rings is 1. The van der Waals surface area contributed by atoms with Crippen molar-refractivity contribution >= 4 is 22.3 Å². The molecule has 0 atom stereocenters. The minimum atomic E-state index is -0.0640. The third kappa shape index (κ3) is 2.74. The molecule has 2 aromatic carbocycles. The monoisotopic (exact) mass is 315 g/mol. The Labute approximate surface area is 139 Å². The van der Waals surface area contributed by atoms with Crippen molar-refractivity contribution in [2.24, 2.45) is 0 Å². The van der Waals surface area contributed by atoms with Gasteiger partial charge in [-0.1, -0.05) is 42.5 Å². The highest BCUT2D eigenvalue weighted by Gasteiger charge is 2.07. The van der Waals surface area contributed by atoms with Crippen LogP contribution in [0.5, 0.6) is 0 Å². The highest BCUT2D eigenvalue weighted by atomic mass is 16.1. The van der Waals surface area contributed by atoms with Gasteiger partial charge in [0.1, 0.15) is 5.65 Å². The van der Waals surface area contributed by atoms with Crippen molar-refractivity contribution in [1.82, 2.24) is 14.7 Å². The molecule has 4 rings (SSSR count). The molecule has 0 aliphatic heterocycles. The molecule has 0 spiro atoms. The number of fused-ring (bicyclic) bond motifs is 2. The van der Waals surface area contributed by atoms with E-state index >= 15 is 0 Å². The SMILES string of the molecule is O=C(NCCc1cccc2ccccc12)c1ccc2nccn2c1. The molecule has 2 aromatic heterocycles. The van der Waals surface area contributed by atoms with E-state index in [4.69, 9.17) is 0 Å². The first-order chi connectivity index (χ1) is 11.8. The fourth-order valence-electron chi connectivity index (χ4n) is 2.98. The summed E-state index contributed by atoms with van der Waals surface area (Å²) < 4.78 is 1.85. The lowest BCUT2D eigenvalue weighted by molar-refractivity contribution is 0.0953. The third-order valence-electron chi connectivity index (χ3n) is 4.21. The van der Waals surface area contributed by atoms with Gasteiger partial charge in [0.25, 0.3) is 5.91 Å². The van der Waals surface area contributed by atoms with E-state index in [1.54, 1.807) is 18.5 Å². The number of hydrogen-bond donors (Lipinski definition) is 1. The van der Waals surface area contributed by atoms with Gasteiger partial charge in [-0.15, -0.1) is 0 Å². The fraction of sp³-hybridized carbons (Fsp3) is 0.100. The van der Waals surface area contributed by atoms with Crippen LogP contribution in [0.25, 0.3) is 16.4 Å². The zero-order valence-corrected chi connectivity index (χ0v) is 13.1. The van der Waals surface area contributed by atoms with E-state index in [1.807, 2.05) is 28.8 Å². The summed E-state index contributed by atoms with van der Waals surface area (Å²) in [5.74, 6) is -0.0640. The highest BCUT2D eigenvalue weighted by Crippen LogP contribution is 2.18. The lowest BCUT2D eigenvalue weighted by atomic mass is 10.0. The van der Waals surface area contributed by atoms with Crippen LogP contribution in [-0.4, -0.2) is 21.8 Å². The van der Waals surface area contributed by atoms with E-state index in [0.29, 0.717) is 12.1 Å². The molecule has 0 fully saturated rings. The molecule has 0 unspecified atom stereocenters. The molecule has 0 aliphatic rings. The van der Waals surface area contributed by atoms with Crippen LogP contribution in [0, 0.1) is 0 Å². The van der Waals surface area contributed by atoms with Gasteiger partial charge < -0.3 is 9.72 Å². The van der Waals surface area contributed by atoms with Crippen molar-refractivity contribution in [1.29, 1.82) is 0 Å². The average molecular weight is 315 g/mol. The van der Waals surface area contributed by atoms with Crippen molar-refractivity contribution in [2.75, 3.05) is 6.54 Å². The van der Waals surface area contributed by atoms with Gasteiger partial charge in [-0.2, -0.15) is 0 Å². The molecule has 0 aliphatic carbocycles. The van der Waals surface area contributed by atoms with Gasteiger partial charge in [0.2, 0.25) is 0 Å². The zero-order valence-electron chi connectivity index (χ0n) is 13.1. The number of aromatic nitrogens is 2. The van der Waals surface area contributed by atoms with Gasteiger partial charge in [0, 0.05) is 25.1 Å². The largest absolute Gasteiger partial charge is 0.352 e. The summed E-state index contributed by atoms with van der Waals surface area (Å²) in [5.41, 5.74) is 2.72. The second-order valence-electron chi connectivity index (χ2n) is 5.75. The van der Waals surface area contributed by atoms with Crippen molar-refractivity contribution in [3.8, 4) is 0 Å². The number of nitrogens with zero attached hydrogens (tertiary/aromatic N) is 2. The normalized spacial score (nSPS) is 11.0. The Kier molecular flexibility index (Phi) is 3.71. The smallest absolute Gasteiger partial charge is 0.252 e. The molecule has 4 aromatic rings. The van der Waals surface area contributed by atoms with Crippen LogP contribution in [0.15, 0.2) is 73.2 Å². The van der Waals surface area contributed by atoms with Crippen molar-refractivity contribution in [2.45, 2.75) is 6.42 Å². The maximum atomic E-state index is 12.3. The number of benzene rings is 2. The molecule has 1 amide bonds. The molecule has 4 heteroatoms. The van der Waals surface area contributed by atoms with E-state index in [-0.39, 0.29) is 5.91 Å². The first kappa shape index (κ1) is 14.5. The maximum absolute atomic E-state index is 12.3. The molecule has 2 heterocycles. The molecule has 24 heavy (non-hydrogen) atoms. The van der Waals surface area contributed by atoms with Crippen molar-refractivity contribution < 1.29 is 4.79 Å². The number of carbonyl (C=O) groups is 1. The second-order valence-corrected chi connectivity index (χ2v) is 5.75. The lowest BCUT2D eigenvalue weighted by Crippen LogP contribution is -2.26. The summed E-state index contributed by atoms with van der Waals surface area (Å²) in [6, 6.07) is 18.3. The predicted octanol–water partition coefficient (Wildman–Crippen LogP) is 3.46. The molecule has 4 nitrogen and oxygen atoms in total. The first-order valence-corrected chi connectivity index (χ1v) is 7.99. The summed E-state index contributed by atoms with van der Waals surface area (Å²) in [6.07, 6.45) is 6.16. The van der Waals surface area contributed by atoms with Crippen LogP contribution in [0.3, 0.4) is 0 Å². The molecule has 0 radical (unpaired) electrons. The van der Waals surface area contributed by atoms with E-state index in [1.165, 1.54) is 16.3 Å². The number of hydrogen-bond acceptors (Lipinski definition) is 2. The Bertz CT molecular complexity index is 1010. The Balaban J connectivity index is 1.45. The van der Waals surface area contributed by atoms with Gasteiger partial charge in [-0.25, -0.2) is 4.98 Å². The second kappa shape index (κ2) is 6.16. The van der Waals surface area contributed by atoms with E-state index in [9.17, 15) is 4.79 Å². The van der Waals surface area contributed by atoms with E-state index < -0.39 is 0 Å². The number of imidazole rings is 1. The molecule has 0 saturated heterocycles. The average Bonchev–Trinajstić information content (AvgIpc) is 3.09. The molecular formula is C20H17N3O. The van der Waals surface area contributed by atoms with Crippen molar-refractivity contribution in [3.05, 3.63) is 84.3 Å². The minimum Gasteiger partial charge on any atom is -0.352 e. The first-order valence-electron chi connectivity index (χ1n) is 7.99. The van der Waals surface area contributed by atoms with Crippen LogP contribution >= 0.6 is 0 Å². The van der Waals surface area contributed by atoms with Gasteiger partial charge in [-0.3, -0.25) is 4.79 Å². The van der Waals surface area contributed by atoms with Crippen molar-refractivity contribution in [3.63, 3.8) is 0 Å². The Hall–Kier alpha value is -3.14. The summed E-state index contributed by atoms with van der Waals surface area (Å²) in [4.78, 5) is 16.5. The van der Waals surface area contributed by atoms with Gasteiger partial charge >= 0.3 is 0 Å². The molecule has 0 bridgehead atoms. The standard InChI is InChI=1S/C20H17N3O/c24-20(17-8-9-19-21-12-13-23(19)14-17)22-11-10-16-6-3-5-15-4-1-2-7-18(15)16/h1-9,12-14H,10-11H2,(H,22,24). The van der Waals surface area contributed by atoms with Crippen LogP contribution in [0.1, 0.15) is 15.9 Å². The number of carbonyl (C=O) groups excluding carboxylic acids is 1. The minimum absolute atomic E-state index is 0.0640. The maximum Gasteiger partial charge on any atom is 0.252 e. The summed E-state index contributed by atoms with van der Waals surface area (Å²) in [7, 11) is 0. The predicted molar refractivity (Wildman–Crippen MR) is 95.2 cm³/mol. The van der Waals surface area contributed by atoms with Crippen LogP contribution in [0.4, 0.5) is 0 Å². The molecule has 1 N–H and O–H groups in total. The molecule has 118 valence electrons. The highest BCUT2D eigenvalue weighted by molar-refractivity contribution is 5.94. The number of nitrogens with one attached hydrogen (secondary N) is 1. The van der Waals surface area contributed by atoms with Gasteiger partial charge in [-0.05, 0) is 34.9 Å². The van der Waals surface area contributed by atoms with Crippen LogP contribution in [0.2, 0.25) is 0 Å². The lowest BCUT2D eigenvalue weighted by Gasteiger charge is -2.08. The van der Waals surface area contributed by atoms with E-state index in [2.05, 4.69) is 40.6 Å². The summed E-state index contributed by atoms with van der Waals surface area (Å²) in [5, 5.41) is 5.47. The Morgan fingerprint density at radius 1 is 1.04 bits per heavy atom. The van der Waals surface area contributed by atoms with Crippen LogP contribution in [-0.2, 0) is 6.42 Å². The molecular weight excluding hydrogens is 298 g/mol. The number of amides is 1. The zero-order chi connectivity index (χ0) is 16.4. The van der Waals surface area contributed by atoms with E-state index in [0.717, 1.165) is 12.1 Å². The Morgan fingerprint density at radius 2 is 1.92 bits per heavy atom. The Morgan fingerprint density at radius 3 is 2.88 bits per heavy atom. The topological polar surface area (TPSA) is 46.4 Å². The third-order valence-corrected chi connectivity index (χ3v) is 4.21. The quantitative estimate of drug-likeness (QED) is 0.627. The molecule has 0 saturated carbocycles. The van der Waals surface area contributed by atoms with Gasteiger partial charge in [0.05, 0.1) is 5.56 Å². The van der Waals surface area contributed by atoms with Gasteiger partial charge in [0.15, 0.2) is 0 Å². The fourth-order valence-corrected chi connectivity index (χ4v) is 2.98.